The maximum atomic E-state index is 9.27. The molecule has 0 bridgehead atoms. The van der Waals surface area contributed by atoms with Gasteiger partial charge in [0.25, 0.3) is 0 Å². The molecule has 1 aliphatic carbocycles. The van der Waals surface area contributed by atoms with Crippen LogP contribution in [0.25, 0.3) is 0 Å². The zero-order chi connectivity index (χ0) is 10.4. The molecule has 0 amide bonds. The van der Waals surface area contributed by atoms with Crippen molar-refractivity contribution in [1.29, 1.82) is 0 Å². The van der Waals surface area contributed by atoms with Crippen LogP contribution in [0.5, 0.6) is 0 Å². The quantitative estimate of drug-likeness (QED) is 0.724. The van der Waals surface area contributed by atoms with Crippen molar-refractivity contribution in [1.82, 2.24) is 0 Å². The summed E-state index contributed by atoms with van der Waals surface area (Å²) >= 11 is 0. The van der Waals surface area contributed by atoms with Crippen LogP contribution in [0.15, 0.2) is 34.9 Å². The minimum Gasteiger partial charge on any atom is -0.392 e. The molecule has 0 unspecified atom stereocenters. The highest BCUT2D eigenvalue weighted by Gasteiger charge is 2.08. The lowest BCUT2D eigenvalue weighted by molar-refractivity contribution is 0.333. The largest absolute Gasteiger partial charge is 0.392 e. The van der Waals surface area contributed by atoms with Gasteiger partial charge in [-0.2, -0.15) is 0 Å². The van der Waals surface area contributed by atoms with Crippen LogP contribution >= 0.6 is 0 Å². The van der Waals surface area contributed by atoms with Gasteiger partial charge in [0, 0.05) is 0 Å². The number of rotatable bonds is 4. The van der Waals surface area contributed by atoms with Gasteiger partial charge in [-0.25, -0.2) is 0 Å². The van der Waals surface area contributed by atoms with Crippen molar-refractivity contribution in [3.8, 4) is 0 Å². The fourth-order valence-corrected chi connectivity index (χ4v) is 1.98. The Morgan fingerprint density at radius 2 is 2.14 bits per heavy atom. The van der Waals surface area contributed by atoms with E-state index in [-0.39, 0.29) is 6.61 Å². The Hall–Kier alpha value is -0.820. The maximum Gasteiger partial charge on any atom is 0.0684 e. The Bertz CT molecular complexity index is 269. The molecule has 0 aromatic rings. The number of hydrogen-bond acceptors (Lipinski definition) is 1. The molecule has 78 valence electrons. The molecule has 0 aromatic heterocycles. The lowest BCUT2D eigenvalue weighted by Crippen LogP contribution is -1.97. The smallest absolute Gasteiger partial charge is 0.0684 e. The average Bonchev–Trinajstić information content (AvgIpc) is 2.40. The van der Waals surface area contributed by atoms with Crippen molar-refractivity contribution in [2.45, 2.75) is 39.5 Å². The van der Waals surface area contributed by atoms with E-state index in [0.717, 1.165) is 24.8 Å². The minimum atomic E-state index is 0.167. The van der Waals surface area contributed by atoms with E-state index in [1.54, 1.807) is 0 Å². The van der Waals surface area contributed by atoms with Crippen LogP contribution in [0.1, 0.15) is 39.5 Å². The van der Waals surface area contributed by atoms with Crippen LogP contribution in [0.3, 0.4) is 0 Å². The molecule has 14 heavy (non-hydrogen) atoms. The highest BCUT2D eigenvalue weighted by Crippen LogP contribution is 2.26. The molecule has 0 aromatic carbocycles. The Morgan fingerprint density at radius 3 is 2.71 bits per heavy atom. The van der Waals surface area contributed by atoms with E-state index < -0.39 is 0 Å². The van der Waals surface area contributed by atoms with Crippen molar-refractivity contribution in [2.24, 2.45) is 0 Å². The minimum absolute atomic E-state index is 0.167. The molecule has 1 N–H and O–H groups in total. The van der Waals surface area contributed by atoms with E-state index in [4.69, 9.17) is 0 Å². The van der Waals surface area contributed by atoms with Crippen molar-refractivity contribution in [3.05, 3.63) is 34.9 Å². The summed E-state index contributed by atoms with van der Waals surface area (Å²) in [6.45, 7) is 4.53. The molecule has 1 nitrogen and oxygen atoms in total. The summed E-state index contributed by atoms with van der Waals surface area (Å²) < 4.78 is 0. The fourth-order valence-electron chi connectivity index (χ4n) is 1.98. The second-order valence-corrected chi connectivity index (χ2v) is 3.63. The van der Waals surface area contributed by atoms with Gasteiger partial charge < -0.3 is 5.11 Å². The van der Waals surface area contributed by atoms with Gasteiger partial charge >= 0.3 is 0 Å². The molecule has 0 spiro atoms. The van der Waals surface area contributed by atoms with Gasteiger partial charge in [0.15, 0.2) is 0 Å². The summed E-state index contributed by atoms with van der Waals surface area (Å²) in [7, 11) is 0. The zero-order valence-electron chi connectivity index (χ0n) is 9.21. The van der Waals surface area contributed by atoms with Crippen molar-refractivity contribution < 1.29 is 5.11 Å². The van der Waals surface area contributed by atoms with Crippen LogP contribution in [-0.4, -0.2) is 11.7 Å². The Balaban J connectivity index is 2.98. The number of aliphatic hydroxyl groups excluding tert-OH is 1. The second kappa shape index (κ2) is 5.82. The van der Waals surface area contributed by atoms with Gasteiger partial charge in [0.2, 0.25) is 0 Å². The summed E-state index contributed by atoms with van der Waals surface area (Å²) in [6, 6.07) is 0. The Morgan fingerprint density at radius 1 is 1.36 bits per heavy atom. The SMILES string of the molecule is CCCC1=CCC=CC(CO)=C1CC. The Labute approximate surface area is 86.8 Å². The summed E-state index contributed by atoms with van der Waals surface area (Å²) in [5.41, 5.74) is 3.89. The molecule has 0 saturated carbocycles. The van der Waals surface area contributed by atoms with E-state index in [1.807, 2.05) is 0 Å². The van der Waals surface area contributed by atoms with Crippen LogP contribution < -0.4 is 0 Å². The standard InChI is InChI=1S/C13H20O/c1-3-7-11-8-5-6-9-12(10-14)13(11)4-2/h6,8-9,14H,3-5,7,10H2,1-2H3. The van der Waals surface area contributed by atoms with Crippen LogP contribution in [0, 0.1) is 0 Å². The molecule has 1 rings (SSSR count). The summed E-state index contributed by atoms with van der Waals surface area (Å²) in [6.07, 6.45) is 10.8. The van der Waals surface area contributed by atoms with Crippen LogP contribution in [0.2, 0.25) is 0 Å². The third kappa shape index (κ3) is 2.58. The first-order valence-corrected chi connectivity index (χ1v) is 5.52. The Kier molecular flexibility index (Phi) is 4.68. The van der Waals surface area contributed by atoms with Crippen LogP contribution in [0.4, 0.5) is 0 Å². The highest BCUT2D eigenvalue weighted by atomic mass is 16.3. The summed E-state index contributed by atoms with van der Waals surface area (Å²) in [4.78, 5) is 0. The molecule has 0 atom stereocenters. The first kappa shape index (κ1) is 11.3. The maximum absolute atomic E-state index is 9.27. The van der Waals surface area contributed by atoms with Crippen LogP contribution in [-0.2, 0) is 0 Å². The van der Waals surface area contributed by atoms with E-state index in [2.05, 4.69) is 32.1 Å². The van der Waals surface area contributed by atoms with E-state index in [1.165, 1.54) is 17.6 Å². The topological polar surface area (TPSA) is 20.2 Å². The molecule has 0 aliphatic heterocycles. The first-order valence-electron chi connectivity index (χ1n) is 5.52. The predicted molar refractivity (Wildman–Crippen MR) is 61.2 cm³/mol. The van der Waals surface area contributed by atoms with Gasteiger partial charge in [-0.15, -0.1) is 0 Å². The molecule has 0 heterocycles. The third-order valence-corrected chi connectivity index (χ3v) is 2.64. The molecular formula is C13H20O. The molecule has 0 fully saturated rings. The summed E-state index contributed by atoms with van der Waals surface area (Å²) in [5.74, 6) is 0. The lowest BCUT2D eigenvalue weighted by Gasteiger charge is -2.12. The van der Waals surface area contributed by atoms with E-state index in [9.17, 15) is 5.11 Å². The van der Waals surface area contributed by atoms with Gasteiger partial charge in [0.1, 0.15) is 0 Å². The fraction of sp³-hybridized carbons (Fsp3) is 0.538. The van der Waals surface area contributed by atoms with Crippen molar-refractivity contribution >= 4 is 0 Å². The highest BCUT2D eigenvalue weighted by molar-refractivity contribution is 5.42. The molecule has 1 aliphatic rings. The average molecular weight is 192 g/mol. The summed E-state index contributed by atoms with van der Waals surface area (Å²) in [5, 5.41) is 9.27. The normalized spacial score (nSPS) is 16.9. The van der Waals surface area contributed by atoms with Gasteiger partial charge in [-0.3, -0.25) is 0 Å². The first-order chi connectivity index (χ1) is 6.83. The molecule has 0 saturated heterocycles. The lowest BCUT2D eigenvalue weighted by atomic mass is 9.95. The van der Waals surface area contributed by atoms with Gasteiger partial charge in [-0.05, 0) is 36.0 Å². The van der Waals surface area contributed by atoms with Gasteiger partial charge in [0.05, 0.1) is 6.61 Å². The number of aliphatic hydroxyl groups is 1. The van der Waals surface area contributed by atoms with Crippen molar-refractivity contribution in [3.63, 3.8) is 0 Å². The number of allylic oxidation sites excluding steroid dienone is 4. The monoisotopic (exact) mass is 192 g/mol. The molecule has 1 heteroatoms. The second-order valence-electron chi connectivity index (χ2n) is 3.63. The van der Waals surface area contributed by atoms with E-state index >= 15 is 0 Å². The molecule has 0 radical (unpaired) electrons. The third-order valence-electron chi connectivity index (χ3n) is 2.64. The van der Waals surface area contributed by atoms with Gasteiger partial charge in [-0.1, -0.05) is 38.5 Å². The van der Waals surface area contributed by atoms with Crippen molar-refractivity contribution in [2.75, 3.05) is 6.61 Å². The number of hydrogen-bond donors (Lipinski definition) is 1. The predicted octanol–water partition coefficient (Wildman–Crippen LogP) is 3.37. The zero-order valence-corrected chi connectivity index (χ0v) is 9.21. The van der Waals surface area contributed by atoms with E-state index in [0.29, 0.717) is 0 Å². The molecular weight excluding hydrogens is 172 g/mol.